The molecule has 0 fully saturated rings. The second kappa shape index (κ2) is 7.08. The number of rotatable bonds is 5. The lowest BCUT2D eigenvalue weighted by molar-refractivity contribution is -0.119. The third-order valence-electron chi connectivity index (χ3n) is 3.00. The molecule has 0 spiro atoms. The molecule has 116 valence electrons. The number of nitrogens with two attached hydrogens (primary N) is 1. The van der Waals surface area contributed by atoms with Crippen LogP contribution < -0.4 is 11.1 Å². The number of hydrogen-bond donors (Lipinski definition) is 3. The summed E-state index contributed by atoms with van der Waals surface area (Å²) in [6.07, 6.45) is 0.976. The van der Waals surface area contributed by atoms with Gasteiger partial charge in [0.25, 0.3) is 0 Å². The lowest BCUT2D eigenvalue weighted by Gasteiger charge is -2.06. The van der Waals surface area contributed by atoms with Crippen LogP contribution in [0.4, 0.5) is 4.79 Å². The van der Waals surface area contributed by atoms with Crippen LogP contribution in [-0.4, -0.2) is 32.4 Å². The maximum atomic E-state index is 11.6. The highest BCUT2D eigenvalue weighted by molar-refractivity contribution is 8.00. The Bertz CT molecular complexity index is 668. The van der Waals surface area contributed by atoms with Crippen molar-refractivity contribution in [2.45, 2.75) is 30.7 Å². The van der Waals surface area contributed by atoms with Crippen LogP contribution in [0.5, 0.6) is 0 Å². The van der Waals surface area contributed by atoms with Crippen LogP contribution in [-0.2, 0) is 11.2 Å². The molecule has 1 aromatic carbocycles. The molecule has 0 radical (unpaired) electrons. The Morgan fingerprint density at radius 2 is 2.05 bits per heavy atom. The van der Waals surface area contributed by atoms with Crippen molar-refractivity contribution in [1.29, 1.82) is 0 Å². The molecule has 0 aliphatic heterocycles. The van der Waals surface area contributed by atoms with E-state index >= 15 is 0 Å². The highest BCUT2D eigenvalue weighted by Gasteiger charge is 2.18. The summed E-state index contributed by atoms with van der Waals surface area (Å²) in [5.41, 5.74) is 7.08. The van der Waals surface area contributed by atoms with Gasteiger partial charge in [0.1, 0.15) is 0 Å². The first-order valence-corrected chi connectivity index (χ1v) is 7.66. The van der Waals surface area contributed by atoms with Gasteiger partial charge in [0.15, 0.2) is 5.82 Å². The number of carbonyl (C=O) groups excluding carboxylic acids is 2. The lowest BCUT2D eigenvalue weighted by atomic mass is 10.1. The zero-order valence-electron chi connectivity index (χ0n) is 12.3. The molecule has 0 saturated carbocycles. The minimum atomic E-state index is -0.871. The molecule has 0 bridgehead atoms. The maximum Gasteiger partial charge on any atom is 0.318 e. The van der Waals surface area contributed by atoms with E-state index in [0.29, 0.717) is 11.0 Å². The topological polar surface area (TPSA) is 114 Å². The van der Waals surface area contributed by atoms with Gasteiger partial charge in [-0.15, -0.1) is 5.10 Å². The van der Waals surface area contributed by atoms with E-state index in [9.17, 15) is 9.59 Å². The van der Waals surface area contributed by atoms with Crippen LogP contribution >= 0.6 is 11.8 Å². The van der Waals surface area contributed by atoms with Crippen LogP contribution in [0, 0.1) is 0 Å². The second-order valence-corrected chi connectivity index (χ2v) is 5.94. The fraction of sp³-hybridized carbons (Fsp3) is 0.286. The first kappa shape index (κ1) is 16.0. The molecule has 0 saturated heterocycles. The molecule has 4 N–H and O–H groups in total. The summed E-state index contributed by atoms with van der Waals surface area (Å²) >= 11 is 1.14. The Morgan fingerprint density at radius 1 is 1.36 bits per heavy atom. The summed E-state index contributed by atoms with van der Waals surface area (Å²) in [6.45, 7) is 3.74. The Balaban J connectivity index is 2.04. The second-order valence-electron chi connectivity index (χ2n) is 4.63. The van der Waals surface area contributed by atoms with Gasteiger partial charge in [-0.05, 0) is 18.9 Å². The van der Waals surface area contributed by atoms with Gasteiger partial charge in [0.05, 0.1) is 5.25 Å². The number of hydrogen-bond acceptors (Lipinski definition) is 5. The predicted molar refractivity (Wildman–Crippen MR) is 84.2 cm³/mol. The summed E-state index contributed by atoms with van der Waals surface area (Å²) in [5, 5.41) is 8.84. The van der Waals surface area contributed by atoms with Crippen molar-refractivity contribution in [3.8, 4) is 11.4 Å². The number of thioether (sulfide) groups is 1. The smallest absolute Gasteiger partial charge is 0.318 e. The van der Waals surface area contributed by atoms with E-state index in [2.05, 4.69) is 22.1 Å². The highest BCUT2D eigenvalue weighted by Crippen LogP contribution is 2.23. The molecular weight excluding hydrogens is 302 g/mol. The SMILES string of the molecule is CCc1ccc(-c2nc(SC(C)C(=O)NC(N)=O)n[nH]2)cc1. The third-order valence-corrected chi connectivity index (χ3v) is 3.96. The summed E-state index contributed by atoms with van der Waals surface area (Å²) < 4.78 is 0. The highest BCUT2D eigenvalue weighted by atomic mass is 32.2. The van der Waals surface area contributed by atoms with Crippen LogP contribution in [0.25, 0.3) is 11.4 Å². The summed E-state index contributed by atoms with van der Waals surface area (Å²) in [4.78, 5) is 26.6. The minimum absolute atomic E-state index is 0.432. The van der Waals surface area contributed by atoms with Crippen molar-refractivity contribution in [3.05, 3.63) is 29.8 Å². The number of aromatic amines is 1. The van der Waals surface area contributed by atoms with Gasteiger partial charge in [0.2, 0.25) is 11.1 Å². The number of carbonyl (C=O) groups is 2. The number of aryl methyl sites for hydroxylation is 1. The van der Waals surface area contributed by atoms with Crippen LogP contribution in [0.2, 0.25) is 0 Å². The van der Waals surface area contributed by atoms with Crippen LogP contribution in [0.3, 0.4) is 0 Å². The summed E-state index contributed by atoms with van der Waals surface area (Å²) in [6, 6.07) is 7.14. The minimum Gasteiger partial charge on any atom is -0.351 e. The van der Waals surface area contributed by atoms with Crippen molar-refractivity contribution in [1.82, 2.24) is 20.5 Å². The Labute approximate surface area is 132 Å². The molecule has 3 amide bonds. The molecular formula is C14H17N5O2S. The van der Waals surface area contributed by atoms with E-state index in [0.717, 1.165) is 23.7 Å². The Morgan fingerprint density at radius 3 is 2.64 bits per heavy atom. The lowest BCUT2D eigenvalue weighted by Crippen LogP contribution is -2.39. The van der Waals surface area contributed by atoms with E-state index < -0.39 is 17.2 Å². The van der Waals surface area contributed by atoms with Crippen molar-refractivity contribution in [3.63, 3.8) is 0 Å². The molecule has 1 atom stereocenters. The van der Waals surface area contributed by atoms with Gasteiger partial charge in [-0.2, -0.15) is 0 Å². The summed E-state index contributed by atoms with van der Waals surface area (Å²) in [5.74, 6) is 0.156. The number of urea groups is 1. The molecule has 2 aromatic rings. The number of primary amides is 1. The Hall–Kier alpha value is -2.35. The largest absolute Gasteiger partial charge is 0.351 e. The standard InChI is InChI=1S/C14H17N5O2S/c1-3-9-4-6-10(7-5-9)11-16-14(19-18-11)22-8(2)12(20)17-13(15)21/h4-8H,3H2,1-2H3,(H,16,18,19)(H3,15,17,20,21). The van der Waals surface area contributed by atoms with Gasteiger partial charge >= 0.3 is 6.03 Å². The van der Waals surface area contributed by atoms with Crippen LogP contribution in [0.1, 0.15) is 19.4 Å². The number of amides is 3. The van der Waals surface area contributed by atoms with Gasteiger partial charge in [-0.3, -0.25) is 15.2 Å². The van der Waals surface area contributed by atoms with Crippen molar-refractivity contribution >= 4 is 23.7 Å². The zero-order chi connectivity index (χ0) is 16.1. The quantitative estimate of drug-likeness (QED) is 0.726. The molecule has 22 heavy (non-hydrogen) atoms. The molecule has 1 heterocycles. The summed E-state index contributed by atoms with van der Waals surface area (Å²) in [7, 11) is 0. The number of nitrogens with one attached hydrogen (secondary N) is 2. The molecule has 7 nitrogen and oxygen atoms in total. The monoisotopic (exact) mass is 319 g/mol. The molecule has 1 unspecified atom stereocenters. The van der Waals surface area contributed by atoms with Gasteiger partial charge in [-0.25, -0.2) is 9.78 Å². The van der Waals surface area contributed by atoms with E-state index in [1.807, 2.05) is 29.6 Å². The average molecular weight is 319 g/mol. The van der Waals surface area contributed by atoms with E-state index in [-0.39, 0.29) is 0 Å². The van der Waals surface area contributed by atoms with E-state index in [1.54, 1.807) is 6.92 Å². The van der Waals surface area contributed by atoms with E-state index in [4.69, 9.17) is 5.73 Å². The number of imide groups is 1. The predicted octanol–water partition coefficient (Wildman–Crippen LogP) is 1.71. The van der Waals surface area contributed by atoms with Gasteiger partial charge in [0, 0.05) is 5.56 Å². The molecule has 1 aromatic heterocycles. The molecule has 8 heteroatoms. The fourth-order valence-corrected chi connectivity index (χ4v) is 2.49. The first-order chi connectivity index (χ1) is 10.5. The van der Waals surface area contributed by atoms with Crippen LogP contribution in [0.15, 0.2) is 29.4 Å². The maximum absolute atomic E-state index is 11.6. The number of H-pyrrole nitrogens is 1. The fourth-order valence-electron chi connectivity index (χ4n) is 1.76. The van der Waals surface area contributed by atoms with Crippen molar-refractivity contribution < 1.29 is 9.59 Å². The van der Waals surface area contributed by atoms with Crippen molar-refractivity contribution in [2.24, 2.45) is 5.73 Å². The van der Waals surface area contributed by atoms with E-state index in [1.165, 1.54) is 5.56 Å². The molecule has 2 rings (SSSR count). The number of aromatic nitrogens is 3. The van der Waals surface area contributed by atoms with Gasteiger partial charge in [-0.1, -0.05) is 43.0 Å². The number of benzene rings is 1. The Kier molecular flexibility index (Phi) is 5.16. The third kappa shape index (κ3) is 4.08. The number of nitrogens with zero attached hydrogens (tertiary/aromatic N) is 2. The zero-order valence-corrected chi connectivity index (χ0v) is 13.1. The molecule has 0 aliphatic carbocycles. The van der Waals surface area contributed by atoms with Gasteiger partial charge < -0.3 is 5.73 Å². The normalized spacial score (nSPS) is 11.9. The molecule has 0 aliphatic rings. The van der Waals surface area contributed by atoms with Crippen molar-refractivity contribution in [2.75, 3.05) is 0 Å². The average Bonchev–Trinajstić information content (AvgIpc) is 2.95. The first-order valence-electron chi connectivity index (χ1n) is 6.78.